The quantitative estimate of drug-likeness (QED) is 0.534. The van der Waals surface area contributed by atoms with E-state index in [4.69, 9.17) is 0 Å². The first kappa shape index (κ1) is 8.89. The molecule has 1 aromatic rings. The number of H-pyrrole nitrogens is 1. The topological polar surface area (TPSA) is 86.9 Å². The second-order valence-electron chi connectivity index (χ2n) is 3.16. The Labute approximate surface area is 80.1 Å². The molecule has 3 N–H and O–H groups in total. The molecule has 0 radical (unpaired) electrons. The first-order valence-corrected chi connectivity index (χ1v) is 4.30. The molecule has 1 atom stereocenters. The van der Waals surface area contributed by atoms with Crippen molar-refractivity contribution in [3.05, 3.63) is 18.0 Å². The molecule has 0 aromatic carbocycles. The van der Waals surface area contributed by atoms with Crippen molar-refractivity contribution in [3.8, 4) is 0 Å². The van der Waals surface area contributed by atoms with Crippen LogP contribution in [-0.2, 0) is 16.1 Å². The third-order valence-electron chi connectivity index (χ3n) is 2.08. The Morgan fingerprint density at radius 1 is 1.57 bits per heavy atom. The van der Waals surface area contributed by atoms with Gasteiger partial charge in [0, 0.05) is 18.3 Å². The van der Waals surface area contributed by atoms with Gasteiger partial charge in [0.2, 0.25) is 11.8 Å². The molecule has 1 aliphatic heterocycles. The highest BCUT2D eigenvalue weighted by molar-refractivity contribution is 6.05. The van der Waals surface area contributed by atoms with Gasteiger partial charge in [0.1, 0.15) is 0 Å². The maximum atomic E-state index is 11.1. The maximum Gasteiger partial charge on any atom is 0.244 e. The third kappa shape index (κ3) is 1.80. The van der Waals surface area contributed by atoms with Crippen LogP contribution in [0.3, 0.4) is 0 Å². The highest BCUT2D eigenvalue weighted by Crippen LogP contribution is 2.02. The van der Waals surface area contributed by atoms with Gasteiger partial charge < -0.3 is 5.32 Å². The average molecular weight is 194 g/mol. The van der Waals surface area contributed by atoms with Crippen molar-refractivity contribution in [2.75, 3.05) is 0 Å². The van der Waals surface area contributed by atoms with Gasteiger partial charge in [0.25, 0.3) is 0 Å². The van der Waals surface area contributed by atoms with Crippen LogP contribution in [0.25, 0.3) is 0 Å². The highest BCUT2D eigenvalue weighted by atomic mass is 16.2. The second-order valence-corrected chi connectivity index (χ2v) is 3.16. The van der Waals surface area contributed by atoms with E-state index in [-0.39, 0.29) is 18.2 Å². The van der Waals surface area contributed by atoms with Crippen LogP contribution in [0.2, 0.25) is 0 Å². The molecule has 74 valence electrons. The Balaban J connectivity index is 1.87. The molecule has 2 amide bonds. The monoisotopic (exact) mass is 194 g/mol. The molecule has 1 aliphatic rings. The largest absolute Gasteiger partial charge is 0.301 e. The fraction of sp³-hybridized carbons (Fsp3) is 0.375. The summed E-state index contributed by atoms with van der Waals surface area (Å²) in [5, 5.41) is 11.6. The van der Waals surface area contributed by atoms with Gasteiger partial charge in [-0.3, -0.25) is 20.0 Å². The van der Waals surface area contributed by atoms with Crippen LogP contribution in [0.1, 0.15) is 12.0 Å². The summed E-state index contributed by atoms with van der Waals surface area (Å²) in [5.74, 6) is -0.474. The number of aromatic amines is 1. The highest BCUT2D eigenvalue weighted by Gasteiger charge is 2.29. The molecule has 6 heteroatoms. The predicted octanol–water partition coefficient (Wildman–Crippen LogP) is -1.09. The van der Waals surface area contributed by atoms with Crippen LogP contribution in [0.5, 0.6) is 0 Å². The van der Waals surface area contributed by atoms with Crippen molar-refractivity contribution in [3.63, 3.8) is 0 Å². The Hall–Kier alpha value is -1.69. The zero-order chi connectivity index (χ0) is 9.97. The molecule has 1 unspecified atom stereocenters. The maximum absolute atomic E-state index is 11.1. The normalized spacial score (nSPS) is 21.3. The van der Waals surface area contributed by atoms with Crippen molar-refractivity contribution in [1.82, 2.24) is 20.8 Å². The lowest BCUT2D eigenvalue weighted by Gasteiger charge is -2.06. The minimum absolute atomic E-state index is 0.219. The smallest absolute Gasteiger partial charge is 0.244 e. The lowest BCUT2D eigenvalue weighted by molar-refractivity contribution is -0.125. The van der Waals surface area contributed by atoms with Crippen LogP contribution < -0.4 is 10.6 Å². The summed E-state index contributed by atoms with van der Waals surface area (Å²) in [5.41, 5.74) is 0.956. The van der Waals surface area contributed by atoms with Gasteiger partial charge in [-0.2, -0.15) is 5.10 Å². The van der Waals surface area contributed by atoms with Crippen LogP contribution >= 0.6 is 0 Å². The van der Waals surface area contributed by atoms with Gasteiger partial charge in [0.15, 0.2) is 0 Å². The third-order valence-corrected chi connectivity index (χ3v) is 2.08. The second kappa shape index (κ2) is 3.59. The molecule has 6 nitrogen and oxygen atoms in total. The van der Waals surface area contributed by atoms with Crippen molar-refractivity contribution in [2.24, 2.45) is 0 Å². The van der Waals surface area contributed by atoms with Crippen molar-refractivity contribution >= 4 is 11.8 Å². The predicted molar refractivity (Wildman–Crippen MR) is 47.0 cm³/mol. The Kier molecular flexibility index (Phi) is 2.28. The SMILES string of the molecule is O=C1CC(NCc2cn[nH]c2)C(=O)N1. The van der Waals surface area contributed by atoms with Gasteiger partial charge >= 0.3 is 0 Å². The van der Waals surface area contributed by atoms with E-state index in [1.165, 1.54) is 0 Å². The van der Waals surface area contributed by atoms with E-state index in [0.29, 0.717) is 6.54 Å². The van der Waals surface area contributed by atoms with Gasteiger partial charge in [-0.25, -0.2) is 0 Å². The molecule has 0 aliphatic carbocycles. The van der Waals surface area contributed by atoms with Crippen LogP contribution in [0.4, 0.5) is 0 Å². The summed E-state index contributed by atoms with van der Waals surface area (Å²) in [4.78, 5) is 22.0. The van der Waals surface area contributed by atoms with Gasteiger partial charge in [0.05, 0.1) is 18.7 Å². The van der Waals surface area contributed by atoms with E-state index < -0.39 is 6.04 Å². The van der Waals surface area contributed by atoms with Crippen molar-refractivity contribution in [2.45, 2.75) is 19.0 Å². The Morgan fingerprint density at radius 3 is 3.00 bits per heavy atom. The fourth-order valence-corrected chi connectivity index (χ4v) is 1.33. The number of aromatic nitrogens is 2. The number of imide groups is 1. The summed E-state index contributed by atoms with van der Waals surface area (Å²) in [6.45, 7) is 0.530. The van der Waals surface area contributed by atoms with Crippen molar-refractivity contribution in [1.29, 1.82) is 0 Å². The number of rotatable bonds is 3. The van der Waals surface area contributed by atoms with E-state index in [1.807, 2.05) is 0 Å². The molecule has 1 saturated heterocycles. The number of amides is 2. The minimum atomic E-state index is -0.405. The number of carbonyl (C=O) groups is 2. The zero-order valence-electron chi connectivity index (χ0n) is 7.41. The number of carbonyl (C=O) groups excluding carboxylic acids is 2. The van der Waals surface area contributed by atoms with Gasteiger partial charge in [-0.05, 0) is 0 Å². The molecular formula is C8H10N4O2. The van der Waals surface area contributed by atoms with E-state index in [9.17, 15) is 9.59 Å². The molecule has 2 heterocycles. The van der Waals surface area contributed by atoms with Crippen LogP contribution in [-0.4, -0.2) is 28.1 Å². The number of nitrogens with one attached hydrogen (secondary N) is 3. The minimum Gasteiger partial charge on any atom is -0.301 e. The summed E-state index contributed by atoms with van der Waals surface area (Å²) in [6.07, 6.45) is 3.63. The molecule has 2 rings (SSSR count). The molecule has 1 aromatic heterocycles. The molecular weight excluding hydrogens is 184 g/mol. The first-order chi connectivity index (χ1) is 6.75. The van der Waals surface area contributed by atoms with E-state index >= 15 is 0 Å². The average Bonchev–Trinajstić information content (AvgIpc) is 2.72. The zero-order valence-corrected chi connectivity index (χ0v) is 7.41. The van der Waals surface area contributed by atoms with Gasteiger partial charge in [-0.15, -0.1) is 0 Å². The molecule has 0 saturated carbocycles. The van der Waals surface area contributed by atoms with Gasteiger partial charge in [-0.1, -0.05) is 0 Å². The van der Waals surface area contributed by atoms with E-state index in [2.05, 4.69) is 20.8 Å². The summed E-state index contributed by atoms with van der Waals surface area (Å²) in [6, 6.07) is -0.405. The van der Waals surface area contributed by atoms with E-state index in [1.54, 1.807) is 12.4 Å². The molecule has 14 heavy (non-hydrogen) atoms. The number of nitrogens with zero attached hydrogens (tertiary/aromatic N) is 1. The fourth-order valence-electron chi connectivity index (χ4n) is 1.33. The summed E-state index contributed by atoms with van der Waals surface area (Å²) >= 11 is 0. The van der Waals surface area contributed by atoms with Crippen LogP contribution in [0.15, 0.2) is 12.4 Å². The molecule has 1 fully saturated rings. The first-order valence-electron chi connectivity index (χ1n) is 4.30. The molecule has 0 spiro atoms. The number of hydrogen-bond donors (Lipinski definition) is 3. The Morgan fingerprint density at radius 2 is 2.43 bits per heavy atom. The standard InChI is InChI=1S/C8H10N4O2/c13-7-1-6(8(14)12-7)9-2-5-3-10-11-4-5/h3-4,6,9H,1-2H2,(H,10,11)(H,12,13,14). The Bertz CT molecular complexity index is 346. The molecule has 0 bridgehead atoms. The lowest BCUT2D eigenvalue weighted by atomic mass is 10.2. The lowest BCUT2D eigenvalue weighted by Crippen LogP contribution is -2.35. The van der Waals surface area contributed by atoms with Crippen molar-refractivity contribution < 1.29 is 9.59 Å². The van der Waals surface area contributed by atoms with Crippen LogP contribution in [0, 0.1) is 0 Å². The van der Waals surface area contributed by atoms with E-state index in [0.717, 1.165) is 5.56 Å². The summed E-state index contributed by atoms with van der Waals surface area (Å²) < 4.78 is 0. The summed E-state index contributed by atoms with van der Waals surface area (Å²) in [7, 11) is 0. The number of hydrogen-bond acceptors (Lipinski definition) is 4.